The van der Waals surface area contributed by atoms with Crippen LogP contribution in [0.15, 0.2) is 0 Å². The fourth-order valence-electron chi connectivity index (χ4n) is 5.40. The minimum absolute atomic E-state index is 0.0865. The van der Waals surface area contributed by atoms with Gasteiger partial charge in [-0.05, 0) is 59.0 Å². The monoisotopic (exact) mass is 909 g/mol. The van der Waals surface area contributed by atoms with Crippen LogP contribution in [0.5, 0.6) is 0 Å². The van der Waals surface area contributed by atoms with Crippen molar-refractivity contribution in [1.29, 1.82) is 0 Å². The lowest BCUT2D eigenvalue weighted by Gasteiger charge is -2.11. The maximum atomic E-state index is 12.0. The molecule has 0 heterocycles. The van der Waals surface area contributed by atoms with Crippen molar-refractivity contribution >= 4 is 35.4 Å². The van der Waals surface area contributed by atoms with E-state index in [1.54, 1.807) is 14.1 Å². The van der Waals surface area contributed by atoms with Gasteiger partial charge in [-0.3, -0.25) is 28.8 Å². The number of carbonyl (C=O) groups is 6. The van der Waals surface area contributed by atoms with Crippen LogP contribution in [0.2, 0.25) is 0 Å². The van der Waals surface area contributed by atoms with Gasteiger partial charge >= 0.3 is 0 Å². The van der Waals surface area contributed by atoms with Crippen LogP contribution in [0.3, 0.4) is 0 Å². The van der Waals surface area contributed by atoms with Gasteiger partial charge in [0.2, 0.25) is 35.4 Å². The highest BCUT2D eigenvalue weighted by Gasteiger charge is 2.13. The van der Waals surface area contributed by atoms with Gasteiger partial charge in [-0.15, -0.1) is 0 Å². The number of carbonyl (C=O) groups excluding carboxylic acids is 6. The lowest BCUT2D eigenvalue weighted by molar-refractivity contribution is -0.123. The van der Waals surface area contributed by atoms with Gasteiger partial charge in [0.25, 0.3) is 0 Å². The molecule has 0 aliphatic carbocycles. The highest BCUT2D eigenvalue weighted by Crippen LogP contribution is 2.01. The quantitative estimate of drug-likeness (QED) is 0.0307. The molecule has 10 N–H and O–H groups in total. The number of primary amides is 2. The van der Waals surface area contributed by atoms with Crippen molar-refractivity contribution in [2.24, 2.45) is 11.5 Å². The van der Waals surface area contributed by atoms with Crippen molar-refractivity contribution in [3.8, 4) is 0 Å². The van der Waals surface area contributed by atoms with Crippen molar-refractivity contribution < 1.29 is 66.7 Å². The van der Waals surface area contributed by atoms with Gasteiger partial charge < -0.3 is 81.3 Å². The van der Waals surface area contributed by atoms with Crippen LogP contribution >= 0.6 is 0 Å². The molecule has 0 aromatic heterocycles. The van der Waals surface area contributed by atoms with Gasteiger partial charge in [0, 0.05) is 51.9 Å². The highest BCUT2D eigenvalue weighted by atomic mass is 16.6. The summed E-state index contributed by atoms with van der Waals surface area (Å²) in [5, 5.41) is 16.9. The third-order valence-electron chi connectivity index (χ3n) is 8.99. The molecular weight excluding hydrogens is 828 g/mol. The first kappa shape index (κ1) is 59.4. The first-order valence-corrected chi connectivity index (χ1v) is 22.2. The van der Waals surface area contributed by atoms with Crippen molar-refractivity contribution in [3.05, 3.63) is 0 Å². The number of unbranched alkanes of at least 4 members (excludes halogenated alkanes) is 2. The van der Waals surface area contributed by atoms with Crippen LogP contribution in [0.4, 0.5) is 0 Å². The summed E-state index contributed by atoms with van der Waals surface area (Å²) in [6, 6.07) is -0.691. The van der Waals surface area contributed by atoms with E-state index >= 15 is 0 Å². The maximum absolute atomic E-state index is 12.0. The van der Waals surface area contributed by atoms with Crippen LogP contribution in [0.25, 0.3) is 0 Å². The number of nitrogens with one attached hydrogen (secondary N) is 6. The average molecular weight is 909 g/mol. The van der Waals surface area contributed by atoms with E-state index in [2.05, 4.69) is 31.9 Å². The van der Waals surface area contributed by atoms with Crippen molar-refractivity contribution in [3.63, 3.8) is 0 Å². The summed E-state index contributed by atoms with van der Waals surface area (Å²) in [5.41, 5.74) is 10.6. The Kier molecular flexibility index (Phi) is 42.4. The van der Waals surface area contributed by atoms with Crippen molar-refractivity contribution in [2.45, 2.75) is 82.7 Å². The Bertz CT molecular complexity index is 1090. The first-order valence-electron chi connectivity index (χ1n) is 22.2. The normalized spacial score (nSPS) is 12.1. The van der Waals surface area contributed by atoms with Crippen molar-refractivity contribution in [1.82, 2.24) is 31.9 Å². The molecule has 0 spiro atoms. The number of hydrogen-bond donors (Lipinski definition) is 8. The summed E-state index contributed by atoms with van der Waals surface area (Å²) in [6.07, 6.45) is 5.79. The molecule has 0 radical (unpaired) electrons. The second-order valence-electron chi connectivity index (χ2n) is 14.1. The summed E-state index contributed by atoms with van der Waals surface area (Å²) in [5.74, 6) is -1.22. The predicted molar refractivity (Wildman–Crippen MR) is 233 cm³/mol. The molecule has 0 bridgehead atoms. The van der Waals surface area contributed by atoms with Gasteiger partial charge in [0.05, 0.1) is 118 Å². The molecule has 0 fully saturated rings. The molecule has 0 saturated heterocycles. The average Bonchev–Trinajstić information content (AvgIpc) is 3.25. The third kappa shape index (κ3) is 42.2. The summed E-state index contributed by atoms with van der Waals surface area (Å²) in [4.78, 5) is 70.1. The Morgan fingerprint density at radius 1 is 0.349 bits per heavy atom. The molecule has 0 aliphatic heterocycles. The van der Waals surface area contributed by atoms with Gasteiger partial charge in [-0.2, -0.15) is 0 Å². The van der Waals surface area contributed by atoms with E-state index in [0.29, 0.717) is 151 Å². The molecule has 63 heavy (non-hydrogen) atoms. The maximum Gasteiger partial charge on any atom is 0.234 e. The molecule has 368 valence electrons. The SMILES string of the molecule is CN[C@@H](CCCCNC(=O)CCOCCOCCOCCOCCNC(=O)CCCC(=O)NCCOCCOCCOCCOCCC(=O)NCCCC[C@H](NC)C(N)=O)C(N)=O. The van der Waals surface area contributed by atoms with Crippen molar-refractivity contribution in [2.75, 3.05) is 146 Å². The first-order chi connectivity index (χ1) is 30.6. The van der Waals surface area contributed by atoms with Gasteiger partial charge in [-0.1, -0.05) is 0 Å². The summed E-state index contributed by atoms with van der Waals surface area (Å²) in [6.45, 7) is 7.77. The van der Waals surface area contributed by atoms with E-state index in [1.165, 1.54) is 0 Å². The number of likely N-dealkylation sites (N-methyl/N-ethyl adjacent to an activating group) is 2. The van der Waals surface area contributed by atoms with Crippen LogP contribution in [-0.2, 0) is 66.7 Å². The largest absolute Gasteiger partial charge is 0.379 e. The highest BCUT2D eigenvalue weighted by molar-refractivity contribution is 5.80. The van der Waals surface area contributed by atoms with Crippen LogP contribution in [0.1, 0.15) is 70.6 Å². The van der Waals surface area contributed by atoms with E-state index in [0.717, 1.165) is 25.7 Å². The fraction of sp³-hybridized carbons (Fsp3) is 0.854. The predicted octanol–water partition coefficient (Wildman–Crippen LogP) is -1.98. The molecule has 22 nitrogen and oxygen atoms in total. The van der Waals surface area contributed by atoms with Crippen LogP contribution in [0, 0.1) is 0 Å². The van der Waals surface area contributed by atoms with E-state index in [4.69, 9.17) is 49.4 Å². The number of nitrogens with two attached hydrogens (primary N) is 2. The van der Waals surface area contributed by atoms with Gasteiger partial charge in [0.15, 0.2) is 0 Å². The summed E-state index contributed by atoms with van der Waals surface area (Å²) in [7, 11) is 3.39. The van der Waals surface area contributed by atoms with Crippen LogP contribution < -0.4 is 43.4 Å². The lowest BCUT2D eigenvalue weighted by Crippen LogP contribution is -2.39. The third-order valence-corrected chi connectivity index (χ3v) is 8.99. The van der Waals surface area contributed by atoms with E-state index in [1.807, 2.05) is 0 Å². The summed E-state index contributed by atoms with van der Waals surface area (Å²) < 4.78 is 43.6. The Labute approximate surface area is 373 Å². The molecule has 2 atom stereocenters. The number of hydrogen-bond acceptors (Lipinski definition) is 16. The zero-order valence-electron chi connectivity index (χ0n) is 37.9. The molecule has 0 saturated carbocycles. The van der Waals surface area contributed by atoms with Gasteiger partial charge in [0.1, 0.15) is 0 Å². The molecule has 22 heteroatoms. The molecule has 0 rings (SSSR count). The zero-order valence-corrected chi connectivity index (χ0v) is 37.9. The molecular formula is C41H80N8O14. The topological polar surface area (TPSA) is 300 Å². The smallest absolute Gasteiger partial charge is 0.234 e. The van der Waals surface area contributed by atoms with Crippen LogP contribution in [-0.4, -0.2) is 194 Å². The minimum atomic E-state index is -0.376. The number of rotatable bonds is 48. The number of ether oxygens (including phenoxy) is 8. The van der Waals surface area contributed by atoms with E-state index in [9.17, 15) is 28.8 Å². The molecule has 6 amide bonds. The molecule has 0 aliphatic rings. The number of amides is 6. The van der Waals surface area contributed by atoms with E-state index < -0.39 is 0 Å². The molecule has 0 unspecified atom stereocenters. The molecule has 0 aromatic carbocycles. The Balaban J connectivity index is 3.37. The fourth-order valence-corrected chi connectivity index (χ4v) is 5.40. The Morgan fingerprint density at radius 2 is 0.619 bits per heavy atom. The summed E-state index contributed by atoms with van der Waals surface area (Å²) >= 11 is 0. The Hall–Kier alpha value is -3.58. The standard InChI is InChI=1S/C41H80N8O14/c1-44-34(40(42)54)8-3-5-14-46-38(52)12-18-56-22-26-60-30-32-62-28-24-58-20-16-48-36(50)10-7-11-37(51)49-17-21-59-25-29-63-33-31-61-27-23-57-19-13-39(53)47-15-6-4-9-35(45-2)41(43)55/h34-35,44-45H,3-33H2,1-2H3,(H2,42,54)(H2,43,55)(H,46,52)(H,47,53)(H,48,50)(H,49,51)/t34-,35-/m0/s1. The second kappa shape index (κ2) is 45.0. The Morgan fingerprint density at radius 3 is 0.921 bits per heavy atom. The minimum Gasteiger partial charge on any atom is -0.379 e. The second-order valence-corrected chi connectivity index (χ2v) is 14.1. The molecule has 0 aromatic rings. The zero-order chi connectivity index (χ0) is 46.4. The van der Waals surface area contributed by atoms with E-state index in [-0.39, 0.29) is 73.2 Å². The lowest BCUT2D eigenvalue weighted by atomic mass is 10.1. The van der Waals surface area contributed by atoms with Gasteiger partial charge in [-0.25, -0.2) is 0 Å².